The first-order chi connectivity index (χ1) is 8.61. The highest BCUT2D eigenvalue weighted by Gasteiger charge is 1.91. The van der Waals surface area contributed by atoms with Crippen LogP contribution in [-0.2, 0) is 0 Å². The van der Waals surface area contributed by atoms with Gasteiger partial charge in [-0.15, -0.1) is 0 Å². The lowest BCUT2D eigenvalue weighted by Gasteiger charge is -2.01. The summed E-state index contributed by atoms with van der Waals surface area (Å²) in [7, 11) is 3.20. The lowest BCUT2D eigenvalue weighted by atomic mass is 10.1. The van der Waals surface area contributed by atoms with E-state index in [-0.39, 0.29) is 0 Å². The van der Waals surface area contributed by atoms with Gasteiger partial charge in [0.1, 0.15) is 0 Å². The fourth-order valence-electron chi connectivity index (χ4n) is 1.26. The largest absolute Gasteiger partial charge is 0.352 e. The quantitative estimate of drug-likeness (QED) is 0.821. The van der Waals surface area contributed by atoms with Crippen LogP contribution in [0.5, 0.6) is 0 Å². The molecule has 2 N–H and O–H groups in total. The third kappa shape index (κ3) is 4.70. The monoisotopic (exact) mass is 242 g/mol. The molecule has 2 aromatic carbocycles. The number of nitrogens with zero attached hydrogens (tertiary/aromatic N) is 1. The molecule has 0 fully saturated rings. The molecule has 0 atom stereocenters. The van der Waals surface area contributed by atoms with E-state index in [0.717, 1.165) is 0 Å². The summed E-state index contributed by atoms with van der Waals surface area (Å²) in [6.07, 6.45) is 0. The predicted molar refractivity (Wildman–Crippen MR) is 75.1 cm³/mol. The van der Waals surface area contributed by atoms with Gasteiger partial charge >= 0.3 is 6.03 Å². The number of amides is 2. The number of carbonyl (C=O) groups is 1. The van der Waals surface area contributed by atoms with E-state index < -0.39 is 6.03 Å². The van der Waals surface area contributed by atoms with Crippen molar-refractivity contribution in [3.05, 3.63) is 60.7 Å². The van der Waals surface area contributed by atoms with Gasteiger partial charge in [0.2, 0.25) is 0 Å². The number of carbonyl (C=O) groups excluding carboxylic acids is 1. The van der Waals surface area contributed by atoms with Gasteiger partial charge in [-0.2, -0.15) is 0 Å². The van der Waals surface area contributed by atoms with Crippen molar-refractivity contribution in [2.45, 2.75) is 0 Å². The molecule has 0 saturated carbocycles. The molecule has 2 rings (SSSR count). The average Bonchev–Trinajstić information content (AvgIpc) is 2.41. The summed E-state index contributed by atoms with van der Waals surface area (Å²) in [5.41, 5.74) is 7.27. The Labute approximate surface area is 108 Å². The molecule has 3 heteroatoms. The van der Waals surface area contributed by atoms with Crippen molar-refractivity contribution in [2.24, 2.45) is 5.73 Å². The van der Waals surface area contributed by atoms with Crippen LogP contribution in [0.3, 0.4) is 0 Å². The Morgan fingerprint density at radius 1 is 0.833 bits per heavy atom. The van der Waals surface area contributed by atoms with Crippen molar-refractivity contribution in [2.75, 3.05) is 14.1 Å². The Balaban J connectivity index is 0.000000232. The molecule has 18 heavy (non-hydrogen) atoms. The predicted octanol–water partition coefficient (Wildman–Crippen LogP) is 2.98. The normalized spacial score (nSPS) is 9.00. The van der Waals surface area contributed by atoms with Gasteiger partial charge in [-0.25, -0.2) is 4.79 Å². The standard InChI is InChI=1S/C12H10.C3H8N2O/c1-3-7-11(8-4-1)12-9-5-2-6-10-12;1-5(2)3(4)6/h1-10H;1-2H3,(H2,4,6). The number of nitrogens with two attached hydrogens (primary N) is 1. The third-order valence-corrected chi connectivity index (χ3v) is 2.32. The van der Waals surface area contributed by atoms with Crippen LogP contribution in [0.1, 0.15) is 0 Å². The Kier molecular flexibility index (Phi) is 5.45. The first-order valence-corrected chi connectivity index (χ1v) is 5.68. The molecule has 2 aromatic rings. The van der Waals surface area contributed by atoms with Crippen molar-refractivity contribution in [3.8, 4) is 11.1 Å². The molecule has 2 amide bonds. The molecular formula is C15H18N2O. The fraction of sp³-hybridized carbons (Fsp3) is 0.133. The van der Waals surface area contributed by atoms with E-state index in [1.54, 1.807) is 14.1 Å². The Morgan fingerprint density at radius 3 is 1.33 bits per heavy atom. The molecule has 0 saturated heterocycles. The highest BCUT2D eigenvalue weighted by atomic mass is 16.2. The van der Waals surface area contributed by atoms with Crippen LogP contribution in [0.2, 0.25) is 0 Å². The SMILES string of the molecule is CN(C)C(N)=O.c1ccc(-c2ccccc2)cc1. The summed E-state index contributed by atoms with van der Waals surface area (Å²) >= 11 is 0. The highest BCUT2D eigenvalue weighted by molar-refractivity contribution is 5.71. The minimum absolute atomic E-state index is 0.407. The molecule has 0 heterocycles. The highest BCUT2D eigenvalue weighted by Crippen LogP contribution is 2.17. The molecule has 0 aliphatic rings. The van der Waals surface area contributed by atoms with Crippen molar-refractivity contribution in [3.63, 3.8) is 0 Å². The Bertz CT molecular complexity index is 429. The molecular weight excluding hydrogens is 224 g/mol. The van der Waals surface area contributed by atoms with Gasteiger partial charge in [-0.05, 0) is 11.1 Å². The van der Waals surface area contributed by atoms with Gasteiger partial charge in [-0.1, -0.05) is 60.7 Å². The zero-order chi connectivity index (χ0) is 13.4. The van der Waals surface area contributed by atoms with Crippen molar-refractivity contribution in [1.29, 1.82) is 0 Å². The zero-order valence-electron chi connectivity index (χ0n) is 10.7. The van der Waals surface area contributed by atoms with E-state index >= 15 is 0 Å². The Hall–Kier alpha value is -2.29. The molecule has 3 nitrogen and oxygen atoms in total. The van der Waals surface area contributed by atoms with Gasteiger partial charge in [0, 0.05) is 14.1 Å². The number of urea groups is 1. The molecule has 0 unspecified atom stereocenters. The second-order valence-corrected chi connectivity index (χ2v) is 3.96. The third-order valence-electron chi connectivity index (χ3n) is 2.32. The number of hydrogen-bond acceptors (Lipinski definition) is 1. The first-order valence-electron chi connectivity index (χ1n) is 5.68. The van der Waals surface area contributed by atoms with E-state index in [1.165, 1.54) is 16.0 Å². The van der Waals surface area contributed by atoms with Gasteiger partial charge in [0.15, 0.2) is 0 Å². The smallest absolute Gasteiger partial charge is 0.314 e. The molecule has 0 radical (unpaired) electrons. The maximum absolute atomic E-state index is 9.85. The summed E-state index contributed by atoms with van der Waals surface area (Å²) in [5, 5.41) is 0. The number of hydrogen-bond donors (Lipinski definition) is 1. The van der Waals surface area contributed by atoms with Gasteiger partial charge in [0.25, 0.3) is 0 Å². The summed E-state index contributed by atoms with van der Waals surface area (Å²) in [5.74, 6) is 0. The molecule has 94 valence electrons. The summed E-state index contributed by atoms with van der Waals surface area (Å²) in [6, 6.07) is 20.4. The average molecular weight is 242 g/mol. The molecule has 0 bridgehead atoms. The van der Waals surface area contributed by atoms with Gasteiger partial charge in [-0.3, -0.25) is 0 Å². The maximum atomic E-state index is 9.85. The number of primary amides is 1. The topological polar surface area (TPSA) is 46.3 Å². The van der Waals surface area contributed by atoms with E-state index in [9.17, 15) is 4.79 Å². The lowest BCUT2D eigenvalue weighted by Crippen LogP contribution is -2.27. The lowest BCUT2D eigenvalue weighted by molar-refractivity contribution is 0.227. The minimum Gasteiger partial charge on any atom is -0.352 e. The van der Waals surface area contributed by atoms with Crippen molar-refractivity contribution in [1.82, 2.24) is 4.90 Å². The second-order valence-electron chi connectivity index (χ2n) is 3.96. The van der Waals surface area contributed by atoms with Gasteiger partial charge in [0.05, 0.1) is 0 Å². The molecule has 0 spiro atoms. The summed E-state index contributed by atoms with van der Waals surface area (Å²) in [6.45, 7) is 0. The van der Waals surface area contributed by atoms with Crippen molar-refractivity contribution >= 4 is 6.03 Å². The molecule has 0 aliphatic heterocycles. The van der Waals surface area contributed by atoms with Crippen LogP contribution in [0.15, 0.2) is 60.7 Å². The fourth-order valence-corrected chi connectivity index (χ4v) is 1.26. The zero-order valence-corrected chi connectivity index (χ0v) is 10.7. The minimum atomic E-state index is -0.407. The number of rotatable bonds is 1. The number of benzene rings is 2. The van der Waals surface area contributed by atoms with E-state index in [1.807, 2.05) is 12.1 Å². The molecule has 0 aromatic heterocycles. The van der Waals surface area contributed by atoms with E-state index in [4.69, 9.17) is 5.73 Å². The van der Waals surface area contributed by atoms with Crippen LogP contribution in [0.4, 0.5) is 4.79 Å². The summed E-state index contributed by atoms with van der Waals surface area (Å²) in [4.78, 5) is 11.2. The van der Waals surface area contributed by atoms with Gasteiger partial charge < -0.3 is 10.6 Å². The van der Waals surface area contributed by atoms with Crippen LogP contribution in [0, 0.1) is 0 Å². The van der Waals surface area contributed by atoms with Crippen LogP contribution in [0.25, 0.3) is 11.1 Å². The Morgan fingerprint density at radius 2 is 1.11 bits per heavy atom. The maximum Gasteiger partial charge on any atom is 0.314 e. The summed E-state index contributed by atoms with van der Waals surface area (Å²) < 4.78 is 0. The van der Waals surface area contributed by atoms with Crippen molar-refractivity contribution < 1.29 is 4.79 Å². The van der Waals surface area contributed by atoms with E-state index in [0.29, 0.717) is 0 Å². The molecule has 0 aliphatic carbocycles. The van der Waals surface area contributed by atoms with Crippen LogP contribution in [-0.4, -0.2) is 25.0 Å². The first kappa shape index (κ1) is 13.8. The van der Waals surface area contributed by atoms with Crippen LogP contribution >= 0.6 is 0 Å². The van der Waals surface area contributed by atoms with E-state index in [2.05, 4.69) is 48.5 Å². The second kappa shape index (κ2) is 7.12. The van der Waals surface area contributed by atoms with Crippen LogP contribution < -0.4 is 5.73 Å².